The Morgan fingerprint density at radius 2 is 1.71 bits per heavy atom. The predicted molar refractivity (Wildman–Crippen MR) is 88.5 cm³/mol. The van der Waals surface area contributed by atoms with Crippen molar-refractivity contribution in [3.05, 3.63) is 65.7 Å². The molecule has 0 saturated carbocycles. The fourth-order valence-corrected chi connectivity index (χ4v) is 3.03. The first-order chi connectivity index (χ1) is 10.2. The van der Waals surface area contributed by atoms with E-state index >= 15 is 0 Å². The molecule has 2 nitrogen and oxygen atoms in total. The van der Waals surface area contributed by atoms with E-state index in [1.807, 2.05) is 0 Å². The van der Waals surface area contributed by atoms with Gasteiger partial charge in [0.25, 0.3) is 0 Å². The number of benzene rings is 3. The van der Waals surface area contributed by atoms with Gasteiger partial charge in [-0.15, -0.1) is 0 Å². The lowest BCUT2D eigenvalue weighted by Gasteiger charge is -2.03. The standard InChI is InChI=1S/C19H16N2/c1-12-10-13(2)18-17(11-12)20-19(21-18)16-9-5-7-14-6-3-4-8-15(14)16/h3-11H,1-2H3,(H,20,21). The van der Waals surface area contributed by atoms with Gasteiger partial charge in [0.2, 0.25) is 0 Å². The highest BCUT2D eigenvalue weighted by Gasteiger charge is 2.10. The maximum atomic E-state index is 4.82. The number of aromatic nitrogens is 2. The van der Waals surface area contributed by atoms with E-state index in [0.29, 0.717) is 0 Å². The van der Waals surface area contributed by atoms with E-state index in [1.165, 1.54) is 21.9 Å². The normalized spacial score (nSPS) is 11.3. The van der Waals surface area contributed by atoms with Crippen LogP contribution >= 0.6 is 0 Å². The van der Waals surface area contributed by atoms with Gasteiger partial charge in [-0.25, -0.2) is 4.98 Å². The lowest BCUT2D eigenvalue weighted by molar-refractivity contribution is 1.34. The molecule has 0 aliphatic carbocycles. The van der Waals surface area contributed by atoms with Crippen molar-refractivity contribution in [1.82, 2.24) is 9.97 Å². The van der Waals surface area contributed by atoms with Crippen LogP contribution in [-0.2, 0) is 0 Å². The van der Waals surface area contributed by atoms with Crippen LogP contribution in [0.3, 0.4) is 0 Å². The minimum absolute atomic E-state index is 0.940. The molecular weight excluding hydrogens is 256 g/mol. The van der Waals surface area contributed by atoms with Crippen LogP contribution in [0.25, 0.3) is 33.2 Å². The Bertz CT molecular complexity index is 959. The van der Waals surface area contributed by atoms with Gasteiger partial charge in [-0.2, -0.15) is 0 Å². The van der Waals surface area contributed by atoms with Gasteiger partial charge in [0, 0.05) is 5.56 Å². The molecule has 0 atom stereocenters. The molecule has 1 N–H and O–H groups in total. The number of nitrogens with one attached hydrogen (secondary N) is 1. The molecule has 0 bridgehead atoms. The summed E-state index contributed by atoms with van der Waals surface area (Å²) >= 11 is 0. The molecule has 0 saturated heterocycles. The SMILES string of the molecule is Cc1cc(C)c2nc(-c3cccc4ccccc34)[nH]c2c1. The maximum Gasteiger partial charge on any atom is 0.139 e. The van der Waals surface area contributed by atoms with Crippen LogP contribution in [-0.4, -0.2) is 9.97 Å². The lowest BCUT2D eigenvalue weighted by Crippen LogP contribution is -1.83. The minimum atomic E-state index is 0.940. The van der Waals surface area contributed by atoms with Crippen LogP contribution in [0, 0.1) is 13.8 Å². The van der Waals surface area contributed by atoms with Gasteiger partial charge in [0.1, 0.15) is 5.82 Å². The molecule has 21 heavy (non-hydrogen) atoms. The summed E-state index contributed by atoms with van der Waals surface area (Å²) in [5, 5.41) is 2.47. The summed E-state index contributed by atoms with van der Waals surface area (Å²) in [5.74, 6) is 0.940. The van der Waals surface area contributed by atoms with Crippen LogP contribution in [0.2, 0.25) is 0 Å². The number of hydrogen-bond acceptors (Lipinski definition) is 1. The zero-order valence-electron chi connectivity index (χ0n) is 12.1. The molecular formula is C19H16N2. The third-order valence-corrected chi connectivity index (χ3v) is 3.97. The summed E-state index contributed by atoms with van der Waals surface area (Å²) in [6, 6.07) is 19.1. The number of nitrogens with zero attached hydrogens (tertiary/aromatic N) is 1. The van der Waals surface area contributed by atoms with Crippen molar-refractivity contribution in [2.45, 2.75) is 13.8 Å². The molecule has 0 spiro atoms. The average Bonchev–Trinajstić information content (AvgIpc) is 2.90. The van der Waals surface area contributed by atoms with Crippen LogP contribution in [0.4, 0.5) is 0 Å². The van der Waals surface area contributed by atoms with Gasteiger partial charge in [0.05, 0.1) is 11.0 Å². The van der Waals surface area contributed by atoms with Gasteiger partial charge < -0.3 is 4.98 Å². The monoisotopic (exact) mass is 272 g/mol. The number of aromatic amines is 1. The van der Waals surface area contributed by atoms with Gasteiger partial charge in [-0.3, -0.25) is 0 Å². The second kappa shape index (κ2) is 4.45. The third-order valence-electron chi connectivity index (χ3n) is 3.97. The highest BCUT2D eigenvalue weighted by molar-refractivity contribution is 5.96. The molecule has 0 aliphatic heterocycles. The fraction of sp³-hybridized carbons (Fsp3) is 0.105. The molecule has 102 valence electrons. The first-order valence-electron chi connectivity index (χ1n) is 7.17. The topological polar surface area (TPSA) is 28.7 Å². The van der Waals surface area contributed by atoms with Gasteiger partial charge in [-0.05, 0) is 41.8 Å². The molecule has 2 heteroatoms. The van der Waals surface area contributed by atoms with Gasteiger partial charge in [0.15, 0.2) is 0 Å². The van der Waals surface area contributed by atoms with E-state index in [-0.39, 0.29) is 0 Å². The molecule has 1 aromatic heterocycles. The molecule has 0 amide bonds. The molecule has 0 aliphatic rings. The number of aryl methyl sites for hydroxylation is 2. The van der Waals surface area contributed by atoms with E-state index in [0.717, 1.165) is 22.4 Å². The van der Waals surface area contributed by atoms with Gasteiger partial charge >= 0.3 is 0 Å². The van der Waals surface area contributed by atoms with E-state index in [9.17, 15) is 0 Å². The third kappa shape index (κ3) is 1.91. The smallest absolute Gasteiger partial charge is 0.139 e. The first-order valence-corrected chi connectivity index (χ1v) is 7.17. The van der Waals surface area contributed by atoms with Crippen molar-refractivity contribution in [3.63, 3.8) is 0 Å². The minimum Gasteiger partial charge on any atom is -0.338 e. The van der Waals surface area contributed by atoms with Crippen LogP contribution < -0.4 is 0 Å². The van der Waals surface area contributed by atoms with Crippen LogP contribution in [0.15, 0.2) is 54.6 Å². The highest BCUT2D eigenvalue weighted by atomic mass is 14.9. The highest BCUT2D eigenvalue weighted by Crippen LogP contribution is 2.29. The Kier molecular flexibility index (Phi) is 2.58. The predicted octanol–water partition coefficient (Wildman–Crippen LogP) is 5.00. The second-order valence-corrected chi connectivity index (χ2v) is 5.59. The zero-order chi connectivity index (χ0) is 14.4. The van der Waals surface area contributed by atoms with E-state index in [2.05, 4.69) is 73.4 Å². The molecule has 4 aromatic rings. The Morgan fingerprint density at radius 1 is 0.905 bits per heavy atom. The maximum absolute atomic E-state index is 4.82. The van der Waals surface area contributed by atoms with Crippen LogP contribution in [0.5, 0.6) is 0 Å². The van der Waals surface area contributed by atoms with E-state index in [4.69, 9.17) is 4.98 Å². The van der Waals surface area contributed by atoms with E-state index < -0.39 is 0 Å². The Balaban J connectivity index is 2.03. The molecule has 0 unspecified atom stereocenters. The molecule has 3 aromatic carbocycles. The summed E-state index contributed by atoms with van der Waals surface area (Å²) in [5.41, 5.74) is 5.79. The summed E-state index contributed by atoms with van der Waals surface area (Å²) in [6.07, 6.45) is 0. The number of imidazole rings is 1. The zero-order valence-corrected chi connectivity index (χ0v) is 12.1. The van der Waals surface area contributed by atoms with Crippen molar-refractivity contribution in [2.75, 3.05) is 0 Å². The Hall–Kier alpha value is -2.61. The number of rotatable bonds is 1. The van der Waals surface area contributed by atoms with Crippen molar-refractivity contribution in [1.29, 1.82) is 0 Å². The first kappa shape index (κ1) is 12.2. The summed E-state index contributed by atoms with van der Waals surface area (Å²) < 4.78 is 0. The Morgan fingerprint density at radius 3 is 2.62 bits per heavy atom. The van der Waals surface area contributed by atoms with Crippen LogP contribution in [0.1, 0.15) is 11.1 Å². The van der Waals surface area contributed by atoms with Crippen molar-refractivity contribution >= 4 is 21.8 Å². The molecule has 0 fully saturated rings. The largest absolute Gasteiger partial charge is 0.338 e. The molecule has 0 radical (unpaired) electrons. The second-order valence-electron chi connectivity index (χ2n) is 5.59. The average molecular weight is 272 g/mol. The molecule has 1 heterocycles. The summed E-state index contributed by atoms with van der Waals surface area (Å²) in [4.78, 5) is 8.29. The number of H-pyrrole nitrogens is 1. The Labute approximate surface area is 123 Å². The van der Waals surface area contributed by atoms with E-state index in [1.54, 1.807) is 0 Å². The lowest BCUT2D eigenvalue weighted by atomic mass is 10.0. The fourth-order valence-electron chi connectivity index (χ4n) is 3.03. The van der Waals surface area contributed by atoms with Gasteiger partial charge in [-0.1, -0.05) is 48.5 Å². The quantitative estimate of drug-likeness (QED) is 0.519. The van der Waals surface area contributed by atoms with Crippen molar-refractivity contribution in [2.24, 2.45) is 0 Å². The van der Waals surface area contributed by atoms with Crippen molar-refractivity contribution in [3.8, 4) is 11.4 Å². The number of hydrogen-bond donors (Lipinski definition) is 1. The molecule has 4 rings (SSSR count). The van der Waals surface area contributed by atoms with Crippen molar-refractivity contribution < 1.29 is 0 Å². The number of fused-ring (bicyclic) bond motifs is 2. The summed E-state index contributed by atoms with van der Waals surface area (Å²) in [6.45, 7) is 4.23. The summed E-state index contributed by atoms with van der Waals surface area (Å²) in [7, 11) is 0.